The standard InChI is InChI=1S/C32H34N2O6/c1-20(39-18-21-9-3-2-4-10-21)30(31(36)37)34-29(35)17-28(22-15-16-22)33-32(38)40-19-27-25-13-7-5-11-23(25)24-12-6-8-14-26(24)27/h2-14,20,22,27-28,30H,15-19H2,1H3,(H,33,38)(H,34,35)(H,36,37). The fraction of sp³-hybridized carbons (Fsp3) is 0.344. The Hall–Kier alpha value is -4.17. The molecule has 2 aliphatic carbocycles. The molecular formula is C32H34N2O6. The van der Waals surface area contributed by atoms with E-state index in [0.717, 1.165) is 40.7 Å². The highest BCUT2D eigenvalue weighted by Gasteiger charge is 2.36. The fourth-order valence-corrected chi connectivity index (χ4v) is 5.34. The largest absolute Gasteiger partial charge is 0.480 e. The number of rotatable bonds is 12. The van der Waals surface area contributed by atoms with Crippen molar-refractivity contribution < 1.29 is 29.0 Å². The number of alkyl carbamates (subject to hydrolysis) is 1. The number of carboxylic acid groups (broad SMARTS) is 1. The average Bonchev–Trinajstić information content (AvgIpc) is 3.76. The highest BCUT2D eigenvalue weighted by atomic mass is 16.5. The maximum atomic E-state index is 12.9. The SMILES string of the molecule is CC(OCc1ccccc1)C(NC(=O)CC(NC(=O)OCC1c2ccccc2-c2ccccc21)C1CC1)C(=O)O. The summed E-state index contributed by atoms with van der Waals surface area (Å²) in [5.41, 5.74) is 5.45. The quantitative estimate of drug-likeness (QED) is 0.301. The van der Waals surface area contributed by atoms with Gasteiger partial charge in [0.2, 0.25) is 5.91 Å². The third-order valence-electron chi connectivity index (χ3n) is 7.65. The zero-order chi connectivity index (χ0) is 28.1. The van der Waals surface area contributed by atoms with Gasteiger partial charge in [-0.25, -0.2) is 9.59 Å². The van der Waals surface area contributed by atoms with E-state index in [1.807, 2.05) is 54.6 Å². The molecular weight excluding hydrogens is 508 g/mol. The molecule has 40 heavy (non-hydrogen) atoms. The van der Waals surface area contributed by atoms with Crippen molar-refractivity contribution in [2.75, 3.05) is 6.61 Å². The second-order valence-corrected chi connectivity index (χ2v) is 10.5. The number of fused-ring (bicyclic) bond motifs is 3. The van der Waals surface area contributed by atoms with Crippen LogP contribution < -0.4 is 10.6 Å². The number of aliphatic carboxylic acids is 1. The first-order chi connectivity index (χ1) is 19.4. The minimum Gasteiger partial charge on any atom is -0.480 e. The average molecular weight is 543 g/mol. The van der Waals surface area contributed by atoms with Crippen LogP contribution in [0.3, 0.4) is 0 Å². The Morgan fingerprint density at radius 2 is 1.48 bits per heavy atom. The van der Waals surface area contributed by atoms with Crippen molar-refractivity contribution in [2.24, 2.45) is 5.92 Å². The summed E-state index contributed by atoms with van der Waals surface area (Å²) >= 11 is 0. The number of carbonyl (C=O) groups excluding carboxylic acids is 2. The summed E-state index contributed by atoms with van der Waals surface area (Å²) in [7, 11) is 0. The monoisotopic (exact) mass is 542 g/mol. The van der Waals surface area contributed by atoms with Gasteiger partial charge in [0.25, 0.3) is 0 Å². The molecule has 8 nitrogen and oxygen atoms in total. The summed E-state index contributed by atoms with van der Waals surface area (Å²) in [4.78, 5) is 37.6. The van der Waals surface area contributed by atoms with Crippen LogP contribution in [0.2, 0.25) is 0 Å². The number of ether oxygens (including phenoxy) is 2. The van der Waals surface area contributed by atoms with Crippen molar-refractivity contribution in [3.63, 3.8) is 0 Å². The Balaban J connectivity index is 1.15. The molecule has 2 amide bonds. The smallest absolute Gasteiger partial charge is 0.407 e. The minimum atomic E-state index is -1.22. The zero-order valence-electron chi connectivity index (χ0n) is 22.4. The highest BCUT2D eigenvalue weighted by molar-refractivity contribution is 5.85. The normalized spacial score (nSPS) is 16.2. The maximum Gasteiger partial charge on any atom is 0.407 e. The van der Waals surface area contributed by atoms with E-state index in [9.17, 15) is 19.5 Å². The first-order valence-corrected chi connectivity index (χ1v) is 13.7. The molecule has 1 saturated carbocycles. The molecule has 0 radical (unpaired) electrons. The molecule has 3 unspecified atom stereocenters. The lowest BCUT2D eigenvalue weighted by Gasteiger charge is -2.24. The van der Waals surface area contributed by atoms with Gasteiger partial charge < -0.3 is 25.2 Å². The third-order valence-corrected chi connectivity index (χ3v) is 7.65. The van der Waals surface area contributed by atoms with E-state index in [1.165, 1.54) is 0 Å². The van der Waals surface area contributed by atoms with Crippen LogP contribution in [0.1, 0.15) is 48.8 Å². The fourth-order valence-electron chi connectivity index (χ4n) is 5.34. The van der Waals surface area contributed by atoms with Crippen molar-refractivity contribution in [2.45, 2.75) is 56.9 Å². The predicted molar refractivity (Wildman–Crippen MR) is 150 cm³/mol. The van der Waals surface area contributed by atoms with Crippen LogP contribution in [0.5, 0.6) is 0 Å². The molecule has 3 atom stereocenters. The molecule has 0 saturated heterocycles. The lowest BCUT2D eigenvalue weighted by atomic mass is 9.98. The van der Waals surface area contributed by atoms with Crippen molar-refractivity contribution in [1.82, 2.24) is 10.6 Å². The molecule has 3 aromatic rings. The molecule has 2 aliphatic rings. The number of hydrogen-bond acceptors (Lipinski definition) is 5. The van der Waals surface area contributed by atoms with E-state index < -0.39 is 36.2 Å². The predicted octanol–water partition coefficient (Wildman–Crippen LogP) is 4.87. The summed E-state index contributed by atoms with van der Waals surface area (Å²) in [6.45, 7) is 2.03. The first kappa shape index (κ1) is 27.4. The van der Waals surface area contributed by atoms with E-state index in [2.05, 4.69) is 34.9 Å². The van der Waals surface area contributed by atoms with Crippen LogP contribution in [-0.2, 0) is 25.7 Å². The Kier molecular flexibility index (Phi) is 8.45. The van der Waals surface area contributed by atoms with E-state index in [4.69, 9.17) is 9.47 Å². The molecule has 208 valence electrons. The topological polar surface area (TPSA) is 114 Å². The van der Waals surface area contributed by atoms with Gasteiger partial charge in [0.15, 0.2) is 6.04 Å². The van der Waals surface area contributed by atoms with Gasteiger partial charge in [-0.2, -0.15) is 0 Å². The van der Waals surface area contributed by atoms with Crippen molar-refractivity contribution >= 4 is 18.0 Å². The van der Waals surface area contributed by atoms with Crippen molar-refractivity contribution in [1.29, 1.82) is 0 Å². The molecule has 5 rings (SSSR count). The summed E-state index contributed by atoms with van der Waals surface area (Å²) in [6.07, 6.45) is 0.405. The molecule has 0 spiro atoms. The highest BCUT2D eigenvalue weighted by Crippen LogP contribution is 2.44. The lowest BCUT2D eigenvalue weighted by Crippen LogP contribution is -2.50. The van der Waals surface area contributed by atoms with Crippen LogP contribution >= 0.6 is 0 Å². The van der Waals surface area contributed by atoms with Crippen LogP contribution in [-0.4, -0.2) is 47.9 Å². The second kappa shape index (κ2) is 12.3. The van der Waals surface area contributed by atoms with Gasteiger partial charge in [0.1, 0.15) is 6.61 Å². The molecule has 0 bridgehead atoms. The Labute approximate surface area is 233 Å². The van der Waals surface area contributed by atoms with Crippen LogP contribution in [0, 0.1) is 5.92 Å². The van der Waals surface area contributed by atoms with Gasteiger partial charge in [0.05, 0.1) is 12.7 Å². The molecule has 3 aromatic carbocycles. The molecule has 3 N–H and O–H groups in total. The molecule has 0 heterocycles. The molecule has 8 heteroatoms. The van der Waals surface area contributed by atoms with Gasteiger partial charge in [0, 0.05) is 18.4 Å². The number of hydrogen-bond donors (Lipinski definition) is 3. The minimum absolute atomic E-state index is 0.0377. The Bertz CT molecular complexity index is 1310. The number of carbonyl (C=O) groups is 3. The number of amides is 2. The Morgan fingerprint density at radius 3 is 2.08 bits per heavy atom. The van der Waals surface area contributed by atoms with Crippen LogP contribution in [0.15, 0.2) is 78.9 Å². The third kappa shape index (κ3) is 6.51. The molecule has 0 aromatic heterocycles. The van der Waals surface area contributed by atoms with E-state index >= 15 is 0 Å². The number of nitrogens with one attached hydrogen (secondary N) is 2. The van der Waals surface area contributed by atoms with E-state index in [-0.39, 0.29) is 31.5 Å². The first-order valence-electron chi connectivity index (χ1n) is 13.7. The van der Waals surface area contributed by atoms with Gasteiger partial charge in [-0.05, 0) is 53.5 Å². The second-order valence-electron chi connectivity index (χ2n) is 10.5. The van der Waals surface area contributed by atoms with Crippen LogP contribution in [0.25, 0.3) is 11.1 Å². The van der Waals surface area contributed by atoms with Crippen molar-refractivity contribution in [3.05, 3.63) is 95.6 Å². The maximum absolute atomic E-state index is 12.9. The van der Waals surface area contributed by atoms with Gasteiger partial charge >= 0.3 is 12.1 Å². The van der Waals surface area contributed by atoms with Gasteiger partial charge in [-0.1, -0.05) is 78.9 Å². The summed E-state index contributed by atoms with van der Waals surface area (Å²) in [5, 5.41) is 15.2. The van der Waals surface area contributed by atoms with Gasteiger partial charge in [-0.15, -0.1) is 0 Å². The van der Waals surface area contributed by atoms with Crippen molar-refractivity contribution in [3.8, 4) is 11.1 Å². The number of benzene rings is 3. The molecule has 0 aliphatic heterocycles. The zero-order valence-corrected chi connectivity index (χ0v) is 22.4. The van der Waals surface area contributed by atoms with Crippen LogP contribution in [0.4, 0.5) is 4.79 Å². The lowest BCUT2D eigenvalue weighted by molar-refractivity contribution is -0.146. The summed E-state index contributed by atoms with van der Waals surface area (Å²) in [6, 6.07) is 24.0. The van der Waals surface area contributed by atoms with E-state index in [1.54, 1.807) is 6.92 Å². The number of carboxylic acids is 1. The van der Waals surface area contributed by atoms with E-state index in [0.29, 0.717) is 0 Å². The summed E-state index contributed by atoms with van der Waals surface area (Å²) < 4.78 is 11.4. The summed E-state index contributed by atoms with van der Waals surface area (Å²) in [5.74, 6) is -1.55. The molecule has 1 fully saturated rings. The Morgan fingerprint density at radius 1 is 0.875 bits per heavy atom. The van der Waals surface area contributed by atoms with Gasteiger partial charge in [-0.3, -0.25) is 4.79 Å².